The van der Waals surface area contributed by atoms with Gasteiger partial charge in [-0.15, -0.1) is 0 Å². The number of aromatic nitrogens is 3. The normalized spacial score (nSPS) is 13.7. The third-order valence-electron chi connectivity index (χ3n) is 6.07. The molecule has 3 heterocycles. The Morgan fingerprint density at radius 3 is 2.60 bits per heavy atom. The van der Waals surface area contributed by atoms with Crippen LogP contribution in [0.15, 0.2) is 53.5 Å². The monoisotopic (exact) mass is 510 g/mol. The number of aromatic amines is 1. The first kappa shape index (κ1) is 23.4. The van der Waals surface area contributed by atoms with Crippen LogP contribution in [0.3, 0.4) is 0 Å². The van der Waals surface area contributed by atoms with Crippen LogP contribution in [0, 0.1) is 0 Å². The molecule has 0 aliphatic carbocycles. The van der Waals surface area contributed by atoms with Crippen LogP contribution in [0.2, 0.25) is 10.0 Å². The molecule has 5 rings (SSSR count). The lowest BCUT2D eigenvalue weighted by atomic mass is 10.1. The molecule has 0 saturated carbocycles. The third kappa shape index (κ3) is 4.91. The predicted octanol–water partition coefficient (Wildman–Crippen LogP) is 4.38. The van der Waals surface area contributed by atoms with Gasteiger partial charge in [-0.1, -0.05) is 29.3 Å². The fraction of sp³-hybridized carbons (Fsp3) is 0.240. The maximum absolute atomic E-state index is 12.4. The summed E-state index contributed by atoms with van der Waals surface area (Å²) in [6, 6.07) is 13.2. The van der Waals surface area contributed by atoms with E-state index in [0.29, 0.717) is 44.5 Å². The number of benzene rings is 2. The van der Waals surface area contributed by atoms with Gasteiger partial charge < -0.3 is 20.3 Å². The van der Waals surface area contributed by atoms with E-state index in [-0.39, 0.29) is 5.56 Å². The average Bonchev–Trinajstić information content (AvgIpc) is 2.87. The molecule has 35 heavy (non-hydrogen) atoms. The van der Waals surface area contributed by atoms with Gasteiger partial charge in [0.25, 0.3) is 5.56 Å². The lowest BCUT2D eigenvalue weighted by molar-refractivity contribution is 0.416. The zero-order valence-electron chi connectivity index (χ0n) is 19.1. The smallest absolute Gasteiger partial charge is 0.273 e. The molecule has 0 amide bonds. The number of hydrogen-bond acceptors (Lipinski definition) is 7. The molecular formula is C25H24Cl2N6O2. The zero-order chi connectivity index (χ0) is 24.4. The van der Waals surface area contributed by atoms with Gasteiger partial charge in [0.1, 0.15) is 5.75 Å². The minimum Gasteiger partial charge on any atom is -0.494 e. The Labute approximate surface area is 212 Å². The van der Waals surface area contributed by atoms with Crippen LogP contribution < -0.4 is 25.8 Å². The van der Waals surface area contributed by atoms with Crippen LogP contribution in [0.4, 0.5) is 17.1 Å². The fourth-order valence-electron chi connectivity index (χ4n) is 4.22. The Bertz CT molecular complexity index is 1420. The minimum atomic E-state index is -0.318. The molecule has 1 aliphatic rings. The van der Waals surface area contributed by atoms with Crippen LogP contribution in [0.25, 0.3) is 10.9 Å². The second kappa shape index (κ2) is 10.1. The number of nitrogens with one attached hydrogen (secondary N) is 3. The second-order valence-corrected chi connectivity index (χ2v) is 9.05. The van der Waals surface area contributed by atoms with Gasteiger partial charge in [-0.2, -0.15) is 5.10 Å². The number of rotatable bonds is 6. The summed E-state index contributed by atoms with van der Waals surface area (Å²) >= 11 is 12.9. The number of methoxy groups -OCH3 is 1. The summed E-state index contributed by atoms with van der Waals surface area (Å²) in [4.78, 5) is 19.5. The van der Waals surface area contributed by atoms with Crippen molar-refractivity contribution in [2.24, 2.45) is 0 Å². The molecule has 4 aromatic rings. The molecule has 10 heteroatoms. The Hall–Kier alpha value is -3.33. The molecule has 0 spiro atoms. The molecule has 2 aromatic heterocycles. The highest BCUT2D eigenvalue weighted by atomic mass is 35.5. The van der Waals surface area contributed by atoms with Gasteiger partial charge >= 0.3 is 0 Å². The molecule has 0 radical (unpaired) electrons. The molecule has 1 saturated heterocycles. The minimum absolute atomic E-state index is 0.318. The Kier molecular flexibility index (Phi) is 6.77. The van der Waals surface area contributed by atoms with E-state index >= 15 is 0 Å². The lowest BCUT2D eigenvalue weighted by Gasteiger charge is -2.30. The maximum atomic E-state index is 12.4. The summed E-state index contributed by atoms with van der Waals surface area (Å²) in [5.41, 5.74) is 4.09. The van der Waals surface area contributed by atoms with E-state index in [0.717, 1.165) is 43.1 Å². The predicted molar refractivity (Wildman–Crippen MR) is 141 cm³/mol. The number of ether oxygens (including phenoxy) is 1. The second-order valence-electron chi connectivity index (χ2n) is 8.24. The summed E-state index contributed by atoms with van der Waals surface area (Å²) in [5.74, 6) is 0.687. The first-order chi connectivity index (χ1) is 17.0. The fourth-order valence-corrected chi connectivity index (χ4v) is 4.75. The van der Waals surface area contributed by atoms with Crippen LogP contribution in [0.5, 0.6) is 5.75 Å². The van der Waals surface area contributed by atoms with E-state index < -0.39 is 0 Å². The third-order valence-corrected chi connectivity index (χ3v) is 6.78. The molecule has 2 aromatic carbocycles. The first-order valence-electron chi connectivity index (χ1n) is 11.2. The molecule has 8 nitrogen and oxygen atoms in total. The molecule has 3 N–H and O–H groups in total. The summed E-state index contributed by atoms with van der Waals surface area (Å²) in [6.07, 6.45) is 1.89. The highest BCUT2D eigenvalue weighted by Crippen LogP contribution is 2.35. The van der Waals surface area contributed by atoms with E-state index in [4.69, 9.17) is 32.9 Å². The number of H-pyrrole nitrogens is 1. The van der Waals surface area contributed by atoms with Crippen molar-refractivity contribution in [3.8, 4) is 5.75 Å². The molecule has 180 valence electrons. The van der Waals surface area contributed by atoms with Gasteiger partial charge in [0, 0.05) is 54.4 Å². The van der Waals surface area contributed by atoms with Gasteiger partial charge in [-0.05, 0) is 35.9 Å². The number of fused-ring (bicyclic) bond motifs is 1. The van der Waals surface area contributed by atoms with Crippen molar-refractivity contribution in [2.75, 3.05) is 43.5 Å². The van der Waals surface area contributed by atoms with Crippen LogP contribution in [-0.2, 0) is 6.42 Å². The highest BCUT2D eigenvalue weighted by molar-refractivity contribution is 6.36. The first-order valence-corrected chi connectivity index (χ1v) is 12.0. The number of hydrogen-bond donors (Lipinski definition) is 3. The van der Waals surface area contributed by atoms with Gasteiger partial charge in [-0.25, -0.2) is 10.1 Å². The topological polar surface area (TPSA) is 95.2 Å². The number of halogens is 2. The number of anilines is 3. The van der Waals surface area contributed by atoms with E-state index in [1.165, 1.54) is 6.20 Å². The Balaban J connectivity index is 1.56. The van der Waals surface area contributed by atoms with Crippen LogP contribution >= 0.6 is 23.2 Å². The number of nitrogens with zero attached hydrogens (tertiary/aromatic N) is 3. The Morgan fingerprint density at radius 1 is 1.09 bits per heavy atom. The van der Waals surface area contributed by atoms with Crippen molar-refractivity contribution in [1.29, 1.82) is 0 Å². The number of pyridine rings is 1. The van der Waals surface area contributed by atoms with E-state index in [1.54, 1.807) is 31.4 Å². The van der Waals surface area contributed by atoms with Crippen molar-refractivity contribution < 1.29 is 4.74 Å². The molecule has 1 fully saturated rings. The summed E-state index contributed by atoms with van der Waals surface area (Å²) in [7, 11) is 1.64. The summed E-state index contributed by atoms with van der Waals surface area (Å²) < 4.78 is 5.71. The van der Waals surface area contributed by atoms with Crippen LogP contribution in [0.1, 0.15) is 11.3 Å². The molecule has 0 unspecified atom stereocenters. The van der Waals surface area contributed by atoms with Crippen molar-refractivity contribution in [2.45, 2.75) is 6.42 Å². The lowest BCUT2D eigenvalue weighted by Crippen LogP contribution is -2.43. The quantitative estimate of drug-likeness (QED) is 0.354. The van der Waals surface area contributed by atoms with Gasteiger partial charge in [-0.3, -0.25) is 4.79 Å². The van der Waals surface area contributed by atoms with Crippen molar-refractivity contribution in [1.82, 2.24) is 20.5 Å². The van der Waals surface area contributed by atoms with Gasteiger partial charge in [0.05, 0.1) is 41.3 Å². The maximum Gasteiger partial charge on any atom is 0.273 e. The van der Waals surface area contributed by atoms with Gasteiger partial charge in [0.2, 0.25) is 0 Å². The highest BCUT2D eigenvalue weighted by Gasteiger charge is 2.17. The zero-order valence-corrected chi connectivity index (χ0v) is 20.6. The van der Waals surface area contributed by atoms with E-state index in [9.17, 15) is 4.79 Å². The van der Waals surface area contributed by atoms with E-state index in [1.807, 2.05) is 12.1 Å². The Morgan fingerprint density at radius 2 is 1.86 bits per heavy atom. The van der Waals surface area contributed by atoms with Crippen LogP contribution in [-0.4, -0.2) is 48.5 Å². The summed E-state index contributed by atoms with van der Waals surface area (Å²) in [6.45, 7) is 3.76. The summed E-state index contributed by atoms with van der Waals surface area (Å²) in [5, 5.41) is 14.7. The molecule has 0 bridgehead atoms. The average molecular weight is 511 g/mol. The largest absolute Gasteiger partial charge is 0.494 e. The molecular weight excluding hydrogens is 487 g/mol. The SMILES string of the molecule is COc1cc(N2CCNCC2)ccc1Nc1cc2c(=O)[nH]ncc2nc1Cc1c(Cl)cccc1Cl. The van der Waals surface area contributed by atoms with Gasteiger partial charge in [0.15, 0.2) is 0 Å². The standard InChI is InChI=1S/C25H24Cl2N6O2/c1-35-24-11-15(33-9-7-28-8-10-33)5-6-20(24)30-22-13-17-23(14-29-32-25(17)34)31-21(22)12-16-18(26)3-2-4-19(16)27/h2-6,11,13-14,28,30H,7-10,12H2,1H3,(H,32,34). The van der Waals surface area contributed by atoms with Crippen molar-refractivity contribution in [3.63, 3.8) is 0 Å². The molecule has 0 atom stereocenters. The number of piperazine rings is 1. The van der Waals surface area contributed by atoms with E-state index in [2.05, 4.69) is 31.8 Å². The molecule has 1 aliphatic heterocycles. The van der Waals surface area contributed by atoms with Crippen molar-refractivity contribution in [3.05, 3.63) is 80.3 Å². The van der Waals surface area contributed by atoms with Crippen molar-refractivity contribution >= 4 is 51.2 Å².